The lowest BCUT2D eigenvalue weighted by Gasteiger charge is -2.03. The van der Waals surface area contributed by atoms with E-state index in [1.54, 1.807) is 35.6 Å². The molecule has 0 fully saturated rings. The zero-order chi connectivity index (χ0) is 18.1. The summed E-state index contributed by atoms with van der Waals surface area (Å²) in [4.78, 5) is 8.92. The number of nitriles is 1. The van der Waals surface area contributed by atoms with Crippen molar-refractivity contribution in [1.29, 1.82) is 5.26 Å². The Kier molecular flexibility index (Phi) is 4.59. The molecular formula is C17H10ClN5OS2. The van der Waals surface area contributed by atoms with Crippen molar-refractivity contribution in [3.8, 4) is 6.07 Å². The van der Waals surface area contributed by atoms with Crippen molar-refractivity contribution in [2.45, 2.75) is 23.6 Å². The minimum Gasteiger partial charge on any atom is -0.415 e. The van der Waals surface area contributed by atoms with Crippen LogP contribution in [0.25, 0.3) is 10.9 Å². The number of aryl methyl sites for hydroxylation is 1. The summed E-state index contributed by atoms with van der Waals surface area (Å²) in [6.45, 7) is 1.95. The van der Waals surface area contributed by atoms with Crippen LogP contribution in [0.2, 0.25) is 5.02 Å². The van der Waals surface area contributed by atoms with Crippen molar-refractivity contribution in [3.63, 3.8) is 0 Å². The first-order valence-electron chi connectivity index (χ1n) is 7.52. The third-order valence-electron chi connectivity index (χ3n) is 3.51. The fourth-order valence-electron chi connectivity index (χ4n) is 2.40. The van der Waals surface area contributed by atoms with Crippen LogP contribution in [-0.4, -0.2) is 20.2 Å². The van der Waals surface area contributed by atoms with Crippen LogP contribution in [0.1, 0.15) is 22.2 Å². The molecule has 0 atom stereocenters. The number of thiazole rings is 1. The smallest absolute Gasteiger partial charge is 0.282 e. The van der Waals surface area contributed by atoms with Crippen molar-refractivity contribution < 1.29 is 4.42 Å². The van der Waals surface area contributed by atoms with E-state index in [0.29, 0.717) is 38.7 Å². The Morgan fingerprint density at radius 3 is 2.92 bits per heavy atom. The normalized spacial score (nSPS) is 11.0. The molecule has 6 nitrogen and oxygen atoms in total. The second kappa shape index (κ2) is 7.03. The van der Waals surface area contributed by atoms with Crippen LogP contribution in [-0.2, 0) is 6.42 Å². The summed E-state index contributed by atoms with van der Waals surface area (Å²) in [5, 5.41) is 22.7. The molecule has 0 unspecified atom stereocenters. The average Bonchev–Trinajstić information content (AvgIpc) is 3.23. The van der Waals surface area contributed by atoms with E-state index in [-0.39, 0.29) is 0 Å². The molecule has 0 saturated carbocycles. The van der Waals surface area contributed by atoms with E-state index in [4.69, 9.17) is 16.0 Å². The van der Waals surface area contributed by atoms with Gasteiger partial charge in [-0.2, -0.15) is 5.26 Å². The molecule has 0 aliphatic heterocycles. The summed E-state index contributed by atoms with van der Waals surface area (Å²) in [5.41, 5.74) is 2.09. The van der Waals surface area contributed by atoms with E-state index < -0.39 is 0 Å². The number of hydrogen-bond acceptors (Lipinski definition) is 8. The van der Waals surface area contributed by atoms with E-state index in [2.05, 4.69) is 26.2 Å². The predicted octanol–water partition coefficient (Wildman–Crippen LogP) is 4.65. The van der Waals surface area contributed by atoms with Crippen LogP contribution in [0.3, 0.4) is 0 Å². The summed E-state index contributed by atoms with van der Waals surface area (Å²) in [6.07, 6.45) is 0.491. The molecule has 26 heavy (non-hydrogen) atoms. The maximum absolute atomic E-state index is 9.40. The minimum atomic E-state index is 0.372. The van der Waals surface area contributed by atoms with Crippen molar-refractivity contribution >= 4 is 45.6 Å². The number of benzene rings is 1. The van der Waals surface area contributed by atoms with Gasteiger partial charge in [0.15, 0.2) is 0 Å². The average molecular weight is 400 g/mol. The molecule has 3 aromatic heterocycles. The van der Waals surface area contributed by atoms with Gasteiger partial charge in [-0.1, -0.05) is 11.6 Å². The van der Waals surface area contributed by atoms with Crippen molar-refractivity contribution in [2.75, 3.05) is 0 Å². The van der Waals surface area contributed by atoms with Gasteiger partial charge in [0.05, 0.1) is 34.3 Å². The molecule has 4 aromatic rings. The van der Waals surface area contributed by atoms with Gasteiger partial charge in [0, 0.05) is 15.8 Å². The Labute approximate surface area is 161 Å². The number of aromatic nitrogens is 4. The van der Waals surface area contributed by atoms with Gasteiger partial charge in [0.25, 0.3) is 5.22 Å². The summed E-state index contributed by atoms with van der Waals surface area (Å²) in [5.74, 6) is 0.492. The fourth-order valence-corrected chi connectivity index (χ4v) is 3.91. The standard InChI is InChI=1S/C17H10ClN5OS2/c1-9-20-12(8-25-9)6-15-22-23-17(24-15)26-16-4-10(7-19)13-5-11(18)2-3-14(13)21-16/h2-5,8H,6H2,1H3. The molecule has 0 N–H and O–H groups in total. The summed E-state index contributed by atoms with van der Waals surface area (Å²) in [6, 6.07) is 9.13. The highest BCUT2D eigenvalue weighted by Gasteiger charge is 2.13. The van der Waals surface area contributed by atoms with Crippen molar-refractivity contribution in [2.24, 2.45) is 0 Å². The summed E-state index contributed by atoms with van der Waals surface area (Å²) in [7, 11) is 0. The quantitative estimate of drug-likeness (QED) is 0.493. The Bertz CT molecular complexity index is 1150. The SMILES string of the molecule is Cc1nc(Cc2nnc(Sc3cc(C#N)c4cc(Cl)ccc4n3)o2)cs1. The number of halogens is 1. The number of hydrogen-bond donors (Lipinski definition) is 0. The lowest BCUT2D eigenvalue weighted by molar-refractivity contribution is 0.419. The van der Waals surface area contributed by atoms with Gasteiger partial charge in [-0.25, -0.2) is 9.97 Å². The van der Waals surface area contributed by atoms with Gasteiger partial charge < -0.3 is 4.42 Å². The first-order valence-corrected chi connectivity index (χ1v) is 9.60. The molecule has 0 radical (unpaired) electrons. The molecule has 0 aliphatic rings. The molecule has 0 amide bonds. The first-order chi connectivity index (χ1) is 12.6. The van der Waals surface area contributed by atoms with E-state index >= 15 is 0 Å². The molecule has 0 spiro atoms. The van der Waals surface area contributed by atoms with E-state index in [9.17, 15) is 5.26 Å². The molecule has 4 rings (SSSR count). The molecule has 128 valence electrons. The second-order valence-corrected chi connectivity index (χ2v) is 7.85. The van der Waals surface area contributed by atoms with E-state index in [1.165, 1.54) is 11.8 Å². The lowest BCUT2D eigenvalue weighted by atomic mass is 10.1. The predicted molar refractivity (Wildman–Crippen MR) is 99.5 cm³/mol. The molecule has 1 aromatic carbocycles. The lowest BCUT2D eigenvalue weighted by Crippen LogP contribution is -1.88. The minimum absolute atomic E-state index is 0.372. The van der Waals surface area contributed by atoms with Crippen LogP contribution >= 0.6 is 34.7 Å². The summed E-state index contributed by atoms with van der Waals surface area (Å²) >= 11 is 8.81. The van der Waals surface area contributed by atoms with Gasteiger partial charge >= 0.3 is 0 Å². The van der Waals surface area contributed by atoms with Gasteiger partial charge in [0.2, 0.25) is 5.89 Å². The third kappa shape index (κ3) is 3.55. The number of fused-ring (bicyclic) bond motifs is 1. The maximum Gasteiger partial charge on any atom is 0.282 e. The zero-order valence-corrected chi connectivity index (χ0v) is 15.8. The fraction of sp³-hybridized carbons (Fsp3) is 0.118. The Balaban J connectivity index is 1.59. The highest BCUT2D eigenvalue weighted by molar-refractivity contribution is 7.99. The zero-order valence-electron chi connectivity index (χ0n) is 13.4. The topological polar surface area (TPSA) is 88.5 Å². The van der Waals surface area contributed by atoms with Crippen LogP contribution in [0, 0.1) is 18.3 Å². The molecule has 3 heterocycles. The highest BCUT2D eigenvalue weighted by atomic mass is 35.5. The van der Waals surface area contributed by atoms with Crippen LogP contribution in [0.4, 0.5) is 0 Å². The molecule has 0 saturated heterocycles. The van der Waals surface area contributed by atoms with Crippen molar-refractivity contribution in [3.05, 3.63) is 56.8 Å². The monoisotopic (exact) mass is 399 g/mol. The van der Waals surface area contributed by atoms with Crippen LogP contribution in [0.5, 0.6) is 0 Å². The summed E-state index contributed by atoms with van der Waals surface area (Å²) < 4.78 is 5.67. The molecular weight excluding hydrogens is 390 g/mol. The van der Waals surface area contributed by atoms with E-state index in [1.807, 2.05) is 12.3 Å². The molecule has 0 bridgehead atoms. The van der Waals surface area contributed by atoms with Crippen LogP contribution in [0.15, 0.2) is 44.3 Å². The maximum atomic E-state index is 9.40. The number of pyridine rings is 1. The van der Waals surface area contributed by atoms with Gasteiger partial charge in [-0.15, -0.1) is 21.5 Å². The highest BCUT2D eigenvalue weighted by Crippen LogP contribution is 2.30. The van der Waals surface area contributed by atoms with E-state index in [0.717, 1.165) is 16.1 Å². The Morgan fingerprint density at radius 1 is 1.27 bits per heavy atom. The largest absolute Gasteiger partial charge is 0.415 e. The molecule has 0 aliphatic carbocycles. The molecule has 9 heteroatoms. The number of nitrogens with zero attached hydrogens (tertiary/aromatic N) is 5. The Morgan fingerprint density at radius 2 is 2.15 bits per heavy atom. The van der Waals surface area contributed by atoms with Crippen LogP contribution < -0.4 is 0 Å². The third-order valence-corrected chi connectivity index (χ3v) is 5.32. The first kappa shape index (κ1) is 17.0. The number of rotatable bonds is 4. The van der Waals surface area contributed by atoms with Gasteiger partial charge in [0.1, 0.15) is 5.03 Å². The van der Waals surface area contributed by atoms with Crippen molar-refractivity contribution in [1.82, 2.24) is 20.2 Å². The van der Waals surface area contributed by atoms with Gasteiger partial charge in [-0.05, 0) is 43.0 Å². The Hall–Kier alpha value is -2.47. The second-order valence-electron chi connectivity index (χ2n) is 5.38. The van der Waals surface area contributed by atoms with Gasteiger partial charge in [-0.3, -0.25) is 0 Å².